The number of carbonyl (C=O) groups is 2. The molecule has 1 aromatic carbocycles. The number of anilines is 1. The molecule has 4 rings (SSSR count). The Morgan fingerprint density at radius 1 is 1.23 bits per heavy atom. The van der Waals surface area contributed by atoms with Gasteiger partial charge in [0, 0.05) is 24.7 Å². The molecule has 2 aromatic rings. The van der Waals surface area contributed by atoms with Crippen LogP contribution in [0.25, 0.3) is 0 Å². The number of likely N-dealkylation sites (N-methyl/N-ethyl adjacent to an activating group) is 1. The van der Waals surface area contributed by atoms with Gasteiger partial charge in [-0.05, 0) is 74.5 Å². The summed E-state index contributed by atoms with van der Waals surface area (Å²) in [6, 6.07) is 11.6. The molecule has 0 saturated heterocycles. The van der Waals surface area contributed by atoms with Crippen molar-refractivity contribution in [2.24, 2.45) is 5.92 Å². The molecule has 31 heavy (non-hydrogen) atoms. The highest BCUT2D eigenvalue weighted by atomic mass is 35.5. The lowest BCUT2D eigenvalue weighted by Crippen LogP contribution is -2.55. The highest BCUT2D eigenvalue weighted by Gasteiger charge is 2.47. The summed E-state index contributed by atoms with van der Waals surface area (Å²) in [5, 5.41) is 15.3. The molecule has 8 heteroatoms. The Bertz CT molecular complexity index is 1050. The monoisotopic (exact) mass is 456 g/mol. The lowest BCUT2D eigenvalue weighted by atomic mass is 9.94. The van der Waals surface area contributed by atoms with Gasteiger partial charge in [0.2, 0.25) is 5.91 Å². The third-order valence-electron chi connectivity index (χ3n) is 6.27. The van der Waals surface area contributed by atoms with Crippen LogP contribution in [0.3, 0.4) is 0 Å². The second-order valence-electron chi connectivity index (χ2n) is 8.45. The third kappa shape index (κ3) is 4.77. The van der Waals surface area contributed by atoms with Gasteiger partial charge in [-0.3, -0.25) is 9.59 Å². The first-order valence-corrected chi connectivity index (χ1v) is 11.7. The summed E-state index contributed by atoms with van der Waals surface area (Å²) in [6.45, 7) is 2.01. The average molecular weight is 457 g/mol. The molecular formula is C23H25ClN4O2S. The fraction of sp³-hybridized carbons (Fsp3) is 0.435. The summed E-state index contributed by atoms with van der Waals surface area (Å²) in [7, 11) is 2.12. The van der Waals surface area contributed by atoms with Gasteiger partial charge in [0.15, 0.2) is 0 Å². The molecule has 1 fully saturated rings. The van der Waals surface area contributed by atoms with Crippen molar-refractivity contribution >= 4 is 40.4 Å². The van der Waals surface area contributed by atoms with Crippen LogP contribution in [0.15, 0.2) is 30.3 Å². The van der Waals surface area contributed by atoms with Crippen LogP contribution in [0, 0.1) is 17.2 Å². The Balaban J connectivity index is 1.54. The maximum absolute atomic E-state index is 13.4. The zero-order valence-corrected chi connectivity index (χ0v) is 19.0. The Morgan fingerprint density at radius 3 is 2.68 bits per heavy atom. The van der Waals surface area contributed by atoms with Crippen molar-refractivity contribution in [1.82, 2.24) is 10.2 Å². The number of thiophene rings is 1. The van der Waals surface area contributed by atoms with Crippen LogP contribution < -0.4 is 10.6 Å². The van der Waals surface area contributed by atoms with Crippen LogP contribution in [-0.4, -0.2) is 42.4 Å². The Morgan fingerprint density at radius 2 is 2.00 bits per heavy atom. The largest absolute Gasteiger partial charge is 0.337 e. The normalized spacial score (nSPS) is 23.5. The van der Waals surface area contributed by atoms with Gasteiger partial charge in [0.25, 0.3) is 5.91 Å². The molecule has 0 radical (unpaired) electrons. The zero-order chi connectivity index (χ0) is 22.0. The molecule has 1 saturated carbocycles. The minimum Gasteiger partial charge on any atom is -0.337 e. The van der Waals surface area contributed by atoms with Crippen molar-refractivity contribution in [3.8, 4) is 6.07 Å². The first kappa shape index (κ1) is 21.8. The number of nitriles is 1. The molecule has 162 valence electrons. The predicted molar refractivity (Wildman–Crippen MR) is 122 cm³/mol. The first-order chi connectivity index (χ1) is 14.9. The number of fused-ring (bicyclic) bond motifs is 1. The Labute approximate surface area is 191 Å². The van der Waals surface area contributed by atoms with E-state index in [0.29, 0.717) is 28.5 Å². The number of nitrogens with one attached hydrogen (secondary N) is 2. The Hall–Kier alpha value is -2.40. The summed E-state index contributed by atoms with van der Waals surface area (Å²) in [5.74, 6) is -0.872. The van der Waals surface area contributed by atoms with Crippen molar-refractivity contribution < 1.29 is 9.59 Å². The topological polar surface area (TPSA) is 85.2 Å². The first-order valence-electron chi connectivity index (χ1n) is 10.5. The van der Waals surface area contributed by atoms with Crippen molar-refractivity contribution in [3.05, 3.63) is 50.7 Å². The molecular weight excluding hydrogens is 432 g/mol. The summed E-state index contributed by atoms with van der Waals surface area (Å²) in [4.78, 5) is 29.0. The molecule has 1 aromatic heterocycles. The van der Waals surface area contributed by atoms with Gasteiger partial charge in [-0.15, -0.1) is 11.3 Å². The second kappa shape index (κ2) is 8.99. The van der Waals surface area contributed by atoms with Crippen LogP contribution in [0.4, 0.5) is 5.69 Å². The van der Waals surface area contributed by atoms with E-state index in [1.165, 1.54) is 22.5 Å². The fourth-order valence-corrected chi connectivity index (χ4v) is 5.35. The molecule has 1 aliphatic carbocycles. The van der Waals surface area contributed by atoms with Gasteiger partial charge in [-0.25, -0.2) is 0 Å². The maximum Gasteiger partial charge on any atom is 0.262 e. The van der Waals surface area contributed by atoms with Crippen molar-refractivity contribution in [1.29, 1.82) is 5.26 Å². The molecule has 2 amide bonds. The number of benzene rings is 1. The Kier molecular flexibility index (Phi) is 6.33. The van der Waals surface area contributed by atoms with E-state index in [4.69, 9.17) is 11.6 Å². The van der Waals surface area contributed by atoms with Gasteiger partial charge >= 0.3 is 0 Å². The summed E-state index contributed by atoms with van der Waals surface area (Å²) < 4.78 is 0.514. The van der Waals surface area contributed by atoms with Crippen molar-refractivity contribution in [2.75, 3.05) is 25.5 Å². The fourth-order valence-electron chi connectivity index (χ4n) is 4.41. The molecule has 0 bridgehead atoms. The molecule has 2 heterocycles. The smallest absolute Gasteiger partial charge is 0.262 e. The maximum atomic E-state index is 13.4. The van der Waals surface area contributed by atoms with E-state index in [1.54, 1.807) is 12.1 Å². The highest BCUT2D eigenvalue weighted by Crippen LogP contribution is 2.36. The SMILES string of the molecule is CN1CCc2ccc(NC(=O)C3(NC(=O)c4ccc(Cl)s4)CCC(C#N)C3)cc2CC1. The number of hydrogen-bond acceptors (Lipinski definition) is 5. The van der Waals surface area contributed by atoms with Gasteiger partial charge < -0.3 is 15.5 Å². The van der Waals surface area contributed by atoms with Crippen molar-refractivity contribution in [2.45, 2.75) is 37.6 Å². The number of halogens is 1. The standard InChI is InChI=1S/C23H25ClN4O2S/c1-28-10-7-16-2-3-18(12-17(16)8-11-28)26-22(30)23(9-6-15(13-23)14-25)27-21(29)19-4-5-20(24)31-19/h2-5,12,15H,6-11,13H2,1H3,(H,26,30)(H,27,29). The quantitative estimate of drug-likeness (QED) is 0.731. The van der Waals surface area contributed by atoms with Crippen LogP contribution in [0.1, 0.15) is 40.1 Å². The van der Waals surface area contributed by atoms with E-state index in [9.17, 15) is 14.9 Å². The lowest BCUT2D eigenvalue weighted by Gasteiger charge is -2.29. The van der Waals surface area contributed by atoms with Crippen LogP contribution >= 0.6 is 22.9 Å². The third-order valence-corrected chi connectivity index (χ3v) is 7.50. The molecule has 2 atom stereocenters. The summed E-state index contributed by atoms with van der Waals surface area (Å²) in [5.41, 5.74) is 2.17. The minimum atomic E-state index is -1.11. The molecule has 2 aliphatic rings. The highest BCUT2D eigenvalue weighted by molar-refractivity contribution is 7.18. The predicted octanol–water partition coefficient (Wildman–Crippen LogP) is 3.86. The molecule has 1 aliphatic heterocycles. The van der Waals surface area contributed by atoms with Gasteiger partial charge in [0.05, 0.1) is 15.3 Å². The van der Waals surface area contributed by atoms with E-state index in [0.717, 1.165) is 31.6 Å². The number of carbonyl (C=O) groups excluding carboxylic acids is 2. The van der Waals surface area contributed by atoms with E-state index in [2.05, 4.69) is 34.7 Å². The zero-order valence-electron chi connectivity index (χ0n) is 17.4. The van der Waals surface area contributed by atoms with E-state index in [-0.39, 0.29) is 17.7 Å². The second-order valence-corrected chi connectivity index (χ2v) is 10.2. The molecule has 2 unspecified atom stereocenters. The van der Waals surface area contributed by atoms with Gasteiger partial charge in [0.1, 0.15) is 5.54 Å². The summed E-state index contributed by atoms with van der Waals surface area (Å²) in [6.07, 6.45) is 3.24. The number of hydrogen-bond donors (Lipinski definition) is 2. The van der Waals surface area contributed by atoms with Crippen LogP contribution in [0.2, 0.25) is 4.34 Å². The summed E-state index contributed by atoms with van der Waals surface area (Å²) >= 11 is 7.13. The number of rotatable bonds is 4. The number of nitrogens with zero attached hydrogens (tertiary/aromatic N) is 2. The van der Waals surface area contributed by atoms with Gasteiger partial charge in [-0.2, -0.15) is 5.26 Å². The van der Waals surface area contributed by atoms with E-state index in [1.807, 2.05) is 12.1 Å². The van der Waals surface area contributed by atoms with Crippen LogP contribution in [0.5, 0.6) is 0 Å². The number of amides is 2. The van der Waals surface area contributed by atoms with Crippen LogP contribution in [-0.2, 0) is 17.6 Å². The van der Waals surface area contributed by atoms with E-state index >= 15 is 0 Å². The molecule has 2 N–H and O–H groups in total. The van der Waals surface area contributed by atoms with E-state index < -0.39 is 5.54 Å². The van der Waals surface area contributed by atoms with Crippen molar-refractivity contribution in [3.63, 3.8) is 0 Å². The minimum absolute atomic E-state index is 0.263. The van der Waals surface area contributed by atoms with Gasteiger partial charge in [-0.1, -0.05) is 17.7 Å². The lowest BCUT2D eigenvalue weighted by molar-refractivity contribution is -0.122. The molecule has 0 spiro atoms. The average Bonchev–Trinajstić information content (AvgIpc) is 3.33. The molecule has 6 nitrogen and oxygen atoms in total.